The van der Waals surface area contributed by atoms with E-state index in [2.05, 4.69) is 0 Å². The Balaban J connectivity index is 1.38. The van der Waals surface area contributed by atoms with E-state index in [1.165, 1.54) is 37.3 Å². The fraction of sp³-hybridized carbons (Fsp3) is 0.533. The Labute approximate surface area is 224 Å². The Morgan fingerprint density at radius 1 is 1.23 bits per heavy atom. The number of alkyl halides is 2. The summed E-state index contributed by atoms with van der Waals surface area (Å²) in [5.41, 5.74) is -6.17. The van der Waals surface area contributed by atoms with Crippen LogP contribution in [0.2, 0.25) is 0 Å². The van der Waals surface area contributed by atoms with Gasteiger partial charge in [-0.2, -0.15) is 0 Å². The standard InChI is InChI=1S/C30H31F3O6/c1-27-9-8-18(35)11-21(27)22(32)12-20-19-13-25-30(24(37)15-34,28(19,2)14-23(36)29(20,27)33)39-26(38-25)7-6-16-4-3-5-17(31)10-16/h3-11,19-20,22-23,25-26,34,36H,12-15H2,1-2H3/b7-6+/t19-,20?,22-,23?,25+,26+,27-,28-,29-,30+/m0/s1. The molecule has 5 aliphatic rings. The van der Waals surface area contributed by atoms with E-state index < -0.39 is 82.6 Å². The van der Waals surface area contributed by atoms with E-state index >= 15 is 8.78 Å². The lowest BCUT2D eigenvalue weighted by atomic mass is 9.44. The van der Waals surface area contributed by atoms with E-state index in [4.69, 9.17) is 9.47 Å². The molecule has 9 heteroatoms. The van der Waals surface area contributed by atoms with Crippen molar-refractivity contribution in [1.29, 1.82) is 0 Å². The van der Waals surface area contributed by atoms with Gasteiger partial charge >= 0.3 is 0 Å². The number of hydrogen-bond donors (Lipinski definition) is 2. The van der Waals surface area contributed by atoms with Crippen LogP contribution < -0.4 is 0 Å². The third-order valence-electron chi connectivity index (χ3n) is 10.2. The van der Waals surface area contributed by atoms with Gasteiger partial charge < -0.3 is 19.7 Å². The summed E-state index contributed by atoms with van der Waals surface area (Å²) >= 11 is 0. The maximum absolute atomic E-state index is 17.4. The van der Waals surface area contributed by atoms with Crippen LogP contribution in [-0.4, -0.2) is 64.3 Å². The molecule has 0 amide bonds. The van der Waals surface area contributed by atoms with E-state index in [0.29, 0.717) is 5.56 Å². The molecule has 0 aromatic heterocycles. The highest BCUT2D eigenvalue weighted by Crippen LogP contribution is 2.72. The van der Waals surface area contributed by atoms with E-state index in [-0.39, 0.29) is 24.8 Å². The average molecular weight is 545 g/mol. The SMILES string of the molecule is C[C@]12C=CC(=O)C=C1[C@@H](F)CC1[C@@H]3C[C@H]4O[C@@H](/C=C/c5cccc(F)c5)O[C@@]4(C(=O)CO)[C@@]3(C)CC(O)[C@@]12F. The lowest BCUT2D eigenvalue weighted by Gasteiger charge is -2.63. The third kappa shape index (κ3) is 3.36. The maximum atomic E-state index is 17.4. The lowest BCUT2D eigenvalue weighted by Crippen LogP contribution is -2.70. The number of Topliss-reactive ketones (excluding diaryl/α,β-unsaturated/α-hetero) is 1. The second-order valence-corrected chi connectivity index (χ2v) is 11.9. The molecule has 0 bridgehead atoms. The largest absolute Gasteiger partial charge is 0.390 e. The number of aliphatic hydroxyl groups excluding tert-OH is 2. The van der Waals surface area contributed by atoms with E-state index in [1.54, 1.807) is 25.1 Å². The monoisotopic (exact) mass is 544 g/mol. The summed E-state index contributed by atoms with van der Waals surface area (Å²) in [4.78, 5) is 25.5. The summed E-state index contributed by atoms with van der Waals surface area (Å²) < 4.78 is 59.0. The van der Waals surface area contributed by atoms with Crippen molar-refractivity contribution in [2.75, 3.05) is 6.61 Å². The number of carbonyl (C=O) groups excluding carboxylic acids is 2. The molecule has 2 unspecified atom stereocenters. The smallest absolute Gasteiger partial charge is 0.193 e. The van der Waals surface area contributed by atoms with Crippen molar-refractivity contribution in [2.24, 2.45) is 22.7 Å². The van der Waals surface area contributed by atoms with Crippen molar-refractivity contribution in [3.05, 3.63) is 65.5 Å². The molecule has 1 aromatic carbocycles. The third-order valence-corrected chi connectivity index (χ3v) is 10.2. The van der Waals surface area contributed by atoms with Crippen LogP contribution in [0.25, 0.3) is 6.08 Å². The van der Waals surface area contributed by atoms with Gasteiger partial charge in [0.25, 0.3) is 0 Å². The molecule has 208 valence electrons. The Hall–Kier alpha value is -2.59. The second kappa shape index (κ2) is 8.70. The van der Waals surface area contributed by atoms with Crippen LogP contribution in [-0.2, 0) is 19.1 Å². The average Bonchev–Trinajstić information content (AvgIpc) is 3.38. The van der Waals surface area contributed by atoms with Crippen LogP contribution in [0, 0.1) is 28.5 Å². The predicted molar refractivity (Wildman–Crippen MR) is 134 cm³/mol. The highest BCUT2D eigenvalue weighted by molar-refractivity contribution is 6.01. The van der Waals surface area contributed by atoms with Gasteiger partial charge in [0.05, 0.1) is 12.2 Å². The first-order chi connectivity index (χ1) is 18.4. The zero-order chi connectivity index (χ0) is 28.0. The zero-order valence-corrected chi connectivity index (χ0v) is 21.6. The fourth-order valence-electron chi connectivity index (χ4n) is 8.48. The summed E-state index contributed by atoms with van der Waals surface area (Å²) in [6.45, 7) is 2.37. The highest BCUT2D eigenvalue weighted by Gasteiger charge is 2.79. The molecule has 1 aliphatic heterocycles. The van der Waals surface area contributed by atoms with Gasteiger partial charge in [0.2, 0.25) is 0 Å². The molecule has 39 heavy (non-hydrogen) atoms. The first-order valence-electron chi connectivity index (χ1n) is 13.3. The van der Waals surface area contributed by atoms with Gasteiger partial charge in [0.15, 0.2) is 29.1 Å². The first-order valence-corrected chi connectivity index (χ1v) is 13.3. The van der Waals surface area contributed by atoms with Crippen LogP contribution in [0.3, 0.4) is 0 Å². The zero-order valence-electron chi connectivity index (χ0n) is 21.6. The van der Waals surface area contributed by atoms with Gasteiger partial charge in [-0.25, -0.2) is 13.2 Å². The number of allylic oxidation sites excluding steroid dienone is 4. The van der Waals surface area contributed by atoms with E-state index in [9.17, 15) is 24.2 Å². The van der Waals surface area contributed by atoms with Gasteiger partial charge in [-0.05, 0) is 73.6 Å². The minimum Gasteiger partial charge on any atom is -0.390 e. The fourth-order valence-corrected chi connectivity index (χ4v) is 8.48. The van der Waals surface area contributed by atoms with Gasteiger partial charge in [-0.3, -0.25) is 9.59 Å². The molecule has 1 saturated heterocycles. The molecule has 2 N–H and O–H groups in total. The molecule has 1 heterocycles. The van der Waals surface area contributed by atoms with Gasteiger partial charge in [0, 0.05) is 16.7 Å². The number of carbonyl (C=O) groups is 2. The molecule has 1 aromatic rings. The number of ether oxygens (including phenoxy) is 2. The van der Waals surface area contributed by atoms with Crippen molar-refractivity contribution in [1.82, 2.24) is 0 Å². The Morgan fingerprint density at radius 2 is 2.00 bits per heavy atom. The lowest BCUT2D eigenvalue weighted by molar-refractivity contribution is -0.230. The van der Waals surface area contributed by atoms with Gasteiger partial charge in [-0.15, -0.1) is 0 Å². The number of benzene rings is 1. The molecule has 0 spiro atoms. The number of rotatable bonds is 4. The minimum absolute atomic E-state index is 0.0193. The summed E-state index contributed by atoms with van der Waals surface area (Å²) in [6.07, 6.45) is 1.40. The minimum atomic E-state index is -2.30. The normalized spacial score (nSPS) is 46.4. The topological polar surface area (TPSA) is 93.1 Å². The molecule has 0 radical (unpaired) electrons. The van der Waals surface area contributed by atoms with Gasteiger partial charge in [-0.1, -0.05) is 31.2 Å². The molecule has 6 nitrogen and oxygen atoms in total. The Bertz CT molecular complexity index is 1330. The van der Waals surface area contributed by atoms with Crippen molar-refractivity contribution in [3.8, 4) is 0 Å². The first kappa shape index (κ1) is 26.6. The van der Waals surface area contributed by atoms with Crippen LogP contribution in [0.15, 0.2) is 54.1 Å². The Kier molecular flexibility index (Phi) is 5.94. The Morgan fingerprint density at radius 3 is 2.72 bits per heavy atom. The maximum Gasteiger partial charge on any atom is 0.193 e. The number of aliphatic hydroxyl groups is 2. The van der Waals surface area contributed by atoms with Crippen molar-refractivity contribution in [2.45, 2.75) is 69.0 Å². The summed E-state index contributed by atoms with van der Waals surface area (Å²) in [5.74, 6) is -3.13. The number of ketones is 2. The molecular weight excluding hydrogens is 513 g/mol. The van der Waals surface area contributed by atoms with Crippen LogP contribution in [0.5, 0.6) is 0 Å². The molecule has 3 saturated carbocycles. The molecule has 4 aliphatic carbocycles. The molecule has 6 rings (SSSR count). The molecule has 10 atom stereocenters. The van der Waals surface area contributed by atoms with Crippen molar-refractivity contribution < 1.29 is 42.4 Å². The quantitative estimate of drug-likeness (QED) is 0.599. The van der Waals surface area contributed by atoms with Crippen LogP contribution in [0.4, 0.5) is 13.2 Å². The van der Waals surface area contributed by atoms with Crippen LogP contribution >= 0.6 is 0 Å². The van der Waals surface area contributed by atoms with E-state index in [1.807, 2.05) is 0 Å². The molecule has 4 fully saturated rings. The molecular formula is C30H31F3O6. The summed E-state index contributed by atoms with van der Waals surface area (Å²) in [7, 11) is 0. The predicted octanol–water partition coefficient (Wildman–Crippen LogP) is 3.81. The van der Waals surface area contributed by atoms with Crippen molar-refractivity contribution >= 4 is 17.6 Å². The van der Waals surface area contributed by atoms with Gasteiger partial charge in [0.1, 0.15) is 18.6 Å². The number of hydrogen-bond acceptors (Lipinski definition) is 6. The number of halogens is 3. The van der Waals surface area contributed by atoms with E-state index in [0.717, 1.165) is 6.08 Å². The van der Waals surface area contributed by atoms with Crippen molar-refractivity contribution in [3.63, 3.8) is 0 Å². The summed E-state index contributed by atoms with van der Waals surface area (Å²) in [5, 5.41) is 21.5. The van der Waals surface area contributed by atoms with Crippen LogP contribution in [0.1, 0.15) is 38.7 Å². The highest BCUT2D eigenvalue weighted by atomic mass is 19.1. The number of fused-ring (bicyclic) bond motifs is 7. The summed E-state index contributed by atoms with van der Waals surface area (Å²) in [6, 6.07) is 5.87. The second-order valence-electron chi connectivity index (χ2n) is 11.9.